The lowest BCUT2D eigenvalue weighted by Gasteiger charge is -2.04. The minimum atomic E-state index is -0.738. The van der Waals surface area contributed by atoms with Crippen LogP contribution < -0.4 is 5.32 Å². The molecule has 0 aliphatic carbocycles. The molecule has 0 fully saturated rings. The summed E-state index contributed by atoms with van der Waals surface area (Å²) >= 11 is 3.29. The lowest BCUT2D eigenvalue weighted by Crippen LogP contribution is -2.12. The Morgan fingerprint density at radius 1 is 1.13 bits per heavy atom. The normalized spacial score (nSPS) is 10.6. The second-order valence-corrected chi connectivity index (χ2v) is 5.62. The molecule has 0 spiro atoms. The standard InChI is InChI=1S/C16H10BrF2N3O/c17-11-3-1-2-10(8-11)16(23)20-15-6-7-22(21-15)14-5-4-12(18)9-13(14)19/h1-9H,(H,20,21,23). The topological polar surface area (TPSA) is 46.9 Å². The van der Waals surface area contributed by atoms with E-state index in [-0.39, 0.29) is 17.4 Å². The van der Waals surface area contributed by atoms with Crippen molar-refractivity contribution in [2.24, 2.45) is 0 Å². The maximum absolute atomic E-state index is 13.7. The number of nitrogens with one attached hydrogen (secondary N) is 1. The molecular weight excluding hydrogens is 368 g/mol. The van der Waals surface area contributed by atoms with Gasteiger partial charge in [-0.1, -0.05) is 22.0 Å². The zero-order chi connectivity index (χ0) is 16.4. The molecule has 0 atom stereocenters. The van der Waals surface area contributed by atoms with Gasteiger partial charge in [0.05, 0.1) is 0 Å². The molecule has 0 aliphatic rings. The Kier molecular flexibility index (Phi) is 4.20. The van der Waals surface area contributed by atoms with Gasteiger partial charge in [0.1, 0.15) is 11.5 Å². The van der Waals surface area contributed by atoms with Crippen LogP contribution in [-0.2, 0) is 0 Å². The highest BCUT2D eigenvalue weighted by Gasteiger charge is 2.11. The van der Waals surface area contributed by atoms with E-state index in [4.69, 9.17) is 0 Å². The molecule has 23 heavy (non-hydrogen) atoms. The Labute approximate surface area is 138 Å². The van der Waals surface area contributed by atoms with E-state index >= 15 is 0 Å². The van der Waals surface area contributed by atoms with Gasteiger partial charge >= 0.3 is 0 Å². The predicted octanol–water partition coefficient (Wildman–Crippen LogP) is 4.17. The van der Waals surface area contributed by atoms with Crippen molar-refractivity contribution in [1.82, 2.24) is 9.78 Å². The van der Waals surface area contributed by atoms with Gasteiger partial charge in [-0.05, 0) is 30.3 Å². The van der Waals surface area contributed by atoms with Crippen LogP contribution in [-0.4, -0.2) is 15.7 Å². The van der Waals surface area contributed by atoms with Crippen LogP contribution in [0.15, 0.2) is 59.2 Å². The molecule has 116 valence electrons. The Hall–Kier alpha value is -2.54. The molecule has 0 aliphatic heterocycles. The summed E-state index contributed by atoms with van der Waals surface area (Å²) in [4.78, 5) is 12.1. The number of aromatic nitrogens is 2. The summed E-state index contributed by atoms with van der Waals surface area (Å²) in [6, 6.07) is 11.6. The van der Waals surface area contributed by atoms with Gasteiger partial charge in [0.25, 0.3) is 5.91 Å². The summed E-state index contributed by atoms with van der Waals surface area (Å²) in [5.74, 6) is -1.48. The Balaban J connectivity index is 1.81. The second-order valence-electron chi connectivity index (χ2n) is 4.71. The largest absolute Gasteiger partial charge is 0.305 e. The van der Waals surface area contributed by atoms with Crippen LogP contribution in [0.1, 0.15) is 10.4 Å². The van der Waals surface area contributed by atoms with E-state index < -0.39 is 11.6 Å². The van der Waals surface area contributed by atoms with Crippen molar-refractivity contribution in [3.8, 4) is 5.69 Å². The van der Waals surface area contributed by atoms with Crippen LogP contribution >= 0.6 is 15.9 Å². The fraction of sp³-hybridized carbons (Fsp3) is 0. The van der Waals surface area contributed by atoms with Gasteiger partial charge in [-0.15, -0.1) is 5.10 Å². The van der Waals surface area contributed by atoms with Crippen LogP contribution in [0.2, 0.25) is 0 Å². The highest BCUT2D eigenvalue weighted by atomic mass is 79.9. The number of nitrogens with zero attached hydrogens (tertiary/aromatic N) is 2. The summed E-state index contributed by atoms with van der Waals surface area (Å²) in [5.41, 5.74) is 0.552. The molecule has 0 saturated carbocycles. The smallest absolute Gasteiger partial charge is 0.256 e. The zero-order valence-corrected chi connectivity index (χ0v) is 13.2. The van der Waals surface area contributed by atoms with Crippen LogP contribution in [0, 0.1) is 11.6 Å². The SMILES string of the molecule is O=C(Nc1ccn(-c2ccc(F)cc2F)n1)c1cccc(Br)c1. The first-order chi connectivity index (χ1) is 11.0. The Morgan fingerprint density at radius 2 is 1.96 bits per heavy atom. The lowest BCUT2D eigenvalue weighted by molar-refractivity contribution is 0.102. The number of halogens is 3. The summed E-state index contributed by atoms with van der Waals surface area (Å²) < 4.78 is 28.7. The third kappa shape index (κ3) is 3.45. The van der Waals surface area contributed by atoms with Crippen molar-refractivity contribution in [3.63, 3.8) is 0 Å². The number of hydrogen-bond acceptors (Lipinski definition) is 2. The van der Waals surface area contributed by atoms with Gasteiger partial charge in [-0.2, -0.15) is 0 Å². The van der Waals surface area contributed by atoms with E-state index in [9.17, 15) is 13.6 Å². The van der Waals surface area contributed by atoms with Gasteiger partial charge in [-0.25, -0.2) is 13.5 Å². The monoisotopic (exact) mass is 377 g/mol. The molecule has 1 aromatic heterocycles. The molecule has 7 heteroatoms. The van der Waals surface area contributed by atoms with Gasteiger partial charge in [0.15, 0.2) is 11.6 Å². The minimum Gasteiger partial charge on any atom is -0.305 e. The second kappa shape index (κ2) is 6.29. The van der Waals surface area contributed by atoms with E-state index in [1.54, 1.807) is 18.2 Å². The molecule has 2 aromatic carbocycles. The van der Waals surface area contributed by atoms with E-state index in [0.29, 0.717) is 5.56 Å². The first kappa shape index (κ1) is 15.4. The molecule has 0 radical (unpaired) electrons. The third-order valence-electron chi connectivity index (χ3n) is 3.07. The van der Waals surface area contributed by atoms with Crippen molar-refractivity contribution in [2.45, 2.75) is 0 Å². The van der Waals surface area contributed by atoms with E-state index in [1.165, 1.54) is 23.0 Å². The minimum absolute atomic E-state index is 0.0920. The van der Waals surface area contributed by atoms with Crippen LogP contribution in [0.4, 0.5) is 14.6 Å². The van der Waals surface area contributed by atoms with Crippen LogP contribution in [0.3, 0.4) is 0 Å². The maximum Gasteiger partial charge on any atom is 0.256 e. The highest BCUT2D eigenvalue weighted by Crippen LogP contribution is 2.17. The van der Waals surface area contributed by atoms with Crippen LogP contribution in [0.5, 0.6) is 0 Å². The number of hydrogen-bond donors (Lipinski definition) is 1. The predicted molar refractivity (Wildman–Crippen MR) is 85.6 cm³/mol. The molecule has 3 aromatic rings. The summed E-state index contributed by atoms with van der Waals surface area (Å²) in [6.45, 7) is 0. The molecule has 1 N–H and O–H groups in total. The van der Waals surface area contributed by atoms with Crippen molar-refractivity contribution >= 4 is 27.7 Å². The number of carbonyl (C=O) groups excluding carboxylic acids is 1. The molecule has 4 nitrogen and oxygen atoms in total. The van der Waals surface area contributed by atoms with Crippen molar-refractivity contribution in [3.05, 3.63) is 76.4 Å². The molecule has 0 saturated heterocycles. The quantitative estimate of drug-likeness (QED) is 0.744. The van der Waals surface area contributed by atoms with Gasteiger partial charge in [0, 0.05) is 28.4 Å². The third-order valence-corrected chi connectivity index (χ3v) is 3.57. The highest BCUT2D eigenvalue weighted by molar-refractivity contribution is 9.10. The number of amides is 1. The van der Waals surface area contributed by atoms with Crippen molar-refractivity contribution in [2.75, 3.05) is 5.32 Å². The molecule has 0 bridgehead atoms. The average Bonchev–Trinajstić information content (AvgIpc) is 2.95. The lowest BCUT2D eigenvalue weighted by atomic mass is 10.2. The van der Waals surface area contributed by atoms with E-state index in [1.807, 2.05) is 6.07 Å². The van der Waals surface area contributed by atoms with Gasteiger partial charge in [-0.3, -0.25) is 4.79 Å². The molecule has 1 heterocycles. The summed E-state index contributed by atoms with van der Waals surface area (Å²) in [5, 5.41) is 6.69. The molecule has 0 unspecified atom stereocenters. The zero-order valence-electron chi connectivity index (χ0n) is 11.6. The number of rotatable bonds is 3. The molecular formula is C16H10BrF2N3O. The number of carbonyl (C=O) groups is 1. The number of anilines is 1. The molecule has 1 amide bonds. The average molecular weight is 378 g/mol. The van der Waals surface area contributed by atoms with E-state index in [0.717, 1.165) is 16.6 Å². The maximum atomic E-state index is 13.7. The first-order valence-electron chi connectivity index (χ1n) is 6.61. The fourth-order valence-corrected chi connectivity index (χ4v) is 2.41. The fourth-order valence-electron chi connectivity index (χ4n) is 2.01. The van der Waals surface area contributed by atoms with Crippen LogP contribution in [0.25, 0.3) is 5.69 Å². The van der Waals surface area contributed by atoms with E-state index in [2.05, 4.69) is 26.3 Å². The Bertz CT molecular complexity index is 879. The van der Waals surface area contributed by atoms with Gasteiger partial charge < -0.3 is 5.32 Å². The first-order valence-corrected chi connectivity index (χ1v) is 7.40. The van der Waals surface area contributed by atoms with Crippen molar-refractivity contribution < 1.29 is 13.6 Å². The van der Waals surface area contributed by atoms with Gasteiger partial charge in [0.2, 0.25) is 0 Å². The molecule has 3 rings (SSSR count). The Morgan fingerprint density at radius 3 is 2.70 bits per heavy atom. The van der Waals surface area contributed by atoms with Crippen molar-refractivity contribution in [1.29, 1.82) is 0 Å². The number of benzene rings is 2. The summed E-state index contributed by atoms with van der Waals surface area (Å²) in [6.07, 6.45) is 1.48. The summed E-state index contributed by atoms with van der Waals surface area (Å²) in [7, 11) is 0.